The van der Waals surface area contributed by atoms with Crippen LogP contribution in [0, 0.1) is 35.5 Å². The summed E-state index contributed by atoms with van der Waals surface area (Å²) in [6.45, 7) is 12.9. The number of ether oxygens (including phenoxy) is 6. The molecule has 2 bridgehead atoms. The lowest BCUT2D eigenvalue weighted by Crippen LogP contribution is -2.61. The first-order chi connectivity index (χ1) is 35.3. The molecule has 0 spiro atoms. The van der Waals surface area contributed by atoms with E-state index >= 15 is 0 Å². The molecule has 1 aromatic heterocycles. The molecule has 3 N–H and O–H groups in total. The Kier molecular flexibility index (Phi) is 23.9. The molecule has 5 rings (SSSR count). The summed E-state index contributed by atoms with van der Waals surface area (Å²) in [6, 6.07) is -1.17. The summed E-state index contributed by atoms with van der Waals surface area (Å²) in [4.78, 5) is 81.3. The maximum absolute atomic E-state index is 14.6. The number of esters is 1. The van der Waals surface area contributed by atoms with Crippen molar-refractivity contribution in [3.63, 3.8) is 0 Å². The largest absolute Gasteiger partial charge is 0.460 e. The summed E-state index contributed by atoms with van der Waals surface area (Å²) in [5.41, 5.74) is 1.81. The molecule has 412 valence electrons. The van der Waals surface area contributed by atoms with Gasteiger partial charge in [0.25, 0.3) is 11.7 Å². The maximum atomic E-state index is 14.6. The third-order valence-corrected chi connectivity index (χ3v) is 15.6. The number of ketones is 3. The quantitative estimate of drug-likeness (QED) is 0.121. The van der Waals surface area contributed by atoms with E-state index in [9.17, 15) is 39.3 Å². The molecule has 1 aliphatic carbocycles. The number of cyclic esters (lactones) is 1. The Morgan fingerprint density at radius 1 is 0.878 bits per heavy atom. The van der Waals surface area contributed by atoms with E-state index in [1.165, 1.54) is 12.0 Å². The number of fused-ring (bicyclic) bond motifs is 3. The minimum absolute atomic E-state index is 0.0154. The molecule has 1 aromatic rings. The molecule has 4 aliphatic rings. The zero-order chi connectivity index (χ0) is 54.1. The second-order valence-electron chi connectivity index (χ2n) is 21.4. The lowest BCUT2D eigenvalue weighted by Gasteiger charge is -2.43. The van der Waals surface area contributed by atoms with E-state index in [4.69, 9.17) is 28.4 Å². The normalized spacial score (nSPS) is 34.6. The number of rotatable bonds is 11. The van der Waals surface area contributed by atoms with E-state index in [0.29, 0.717) is 62.6 Å². The molecule has 0 radical (unpaired) electrons. The van der Waals surface area contributed by atoms with Gasteiger partial charge in [-0.05, 0) is 107 Å². The van der Waals surface area contributed by atoms with Gasteiger partial charge in [0.15, 0.2) is 5.78 Å². The molecule has 17 heteroatoms. The van der Waals surface area contributed by atoms with Crippen LogP contribution in [0.4, 0.5) is 0 Å². The molecular weight excluding hydrogens is 951 g/mol. The highest BCUT2D eigenvalue weighted by Crippen LogP contribution is 2.38. The van der Waals surface area contributed by atoms with Gasteiger partial charge in [0, 0.05) is 63.8 Å². The van der Waals surface area contributed by atoms with Gasteiger partial charge in [-0.3, -0.25) is 29.1 Å². The third kappa shape index (κ3) is 16.6. The lowest BCUT2D eigenvalue weighted by atomic mass is 9.78. The van der Waals surface area contributed by atoms with Crippen molar-refractivity contribution in [2.24, 2.45) is 35.5 Å². The average molecular weight is 1040 g/mol. The Bertz CT molecular complexity index is 2130. The Morgan fingerprint density at radius 3 is 2.35 bits per heavy atom. The minimum Gasteiger partial charge on any atom is -0.460 e. The number of aromatic nitrogens is 2. The molecular formula is C57H85N3O14. The van der Waals surface area contributed by atoms with Crippen LogP contribution in [-0.2, 0) is 59.0 Å². The molecule has 0 aromatic carbocycles. The van der Waals surface area contributed by atoms with Crippen molar-refractivity contribution in [1.29, 1.82) is 0 Å². The minimum atomic E-state index is -2.49. The number of allylic oxidation sites excluding steroid dienone is 6. The van der Waals surface area contributed by atoms with Crippen LogP contribution in [0.25, 0.3) is 0 Å². The van der Waals surface area contributed by atoms with Crippen LogP contribution >= 0.6 is 0 Å². The van der Waals surface area contributed by atoms with Gasteiger partial charge in [0.1, 0.15) is 30.1 Å². The van der Waals surface area contributed by atoms with E-state index in [-0.39, 0.29) is 87.2 Å². The number of hydrogen-bond acceptors (Lipinski definition) is 16. The van der Waals surface area contributed by atoms with Crippen LogP contribution in [0.1, 0.15) is 131 Å². The Labute approximate surface area is 438 Å². The summed E-state index contributed by atoms with van der Waals surface area (Å²) in [5.74, 6) is -8.24. The molecule has 1 amide bonds. The van der Waals surface area contributed by atoms with Gasteiger partial charge in [-0.25, -0.2) is 4.79 Å². The van der Waals surface area contributed by atoms with Crippen LogP contribution < -0.4 is 0 Å². The van der Waals surface area contributed by atoms with Crippen molar-refractivity contribution in [2.75, 3.05) is 34.0 Å². The maximum Gasteiger partial charge on any atom is 0.329 e. The number of Topliss-reactive ketones (excluding diaryl/α,β-unsaturated/α-hetero) is 3. The van der Waals surface area contributed by atoms with Crippen LogP contribution in [0.2, 0.25) is 0 Å². The van der Waals surface area contributed by atoms with Crippen molar-refractivity contribution in [3.05, 3.63) is 71.9 Å². The zero-order valence-corrected chi connectivity index (χ0v) is 45.3. The molecule has 15 atom stereocenters. The second kappa shape index (κ2) is 29.3. The Morgan fingerprint density at radius 2 is 1.65 bits per heavy atom. The summed E-state index contributed by atoms with van der Waals surface area (Å²) in [6.07, 6.45) is 16.1. The van der Waals surface area contributed by atoms with Crippen molar-refractivity contribution in [1.82, 2.24) is 14.9 Å². The number of nitrogens with zero attached hydrogens (tertiary/aromatic N) is 3. The van der Waals surface area contributed by atoms with E-state index in [0.717, 1.165) is 12.0 Å². The second-order valence-corrected chi connectivity index (χ2v) is 21.4. The topological polar surface area (TPSA) is 230 Å². The van der Waals surface area contributed by atoms with Gasteiger partial charge in [0.05, 0.1) is 56.1 Å². The molecule has 17 nitrogen and oxygen atoms in total. The van der Waals surface area contributed by atoms with Crippen LogP contribution in [-0.4, -0.2) is 148 Å². The molecule has 74 heavy (non-hydrogen) atoms. The van der Waals surface area contributed by atoms with Gasteiger partial charge >= 0.3 is 5.97 Å². The van der Waals surface area contributed by atoms with Crippen molar-refractivity contribution < 1.29 is 67.7 Å². The Balaban J connectivity index is 1.48. The number of aliphatic hydroxyl groups excluding tert-OH is 2. The third-order valence-electron chi connectivity index (χ3n) is 15.6. The monoisotopic (exact) mass is 1040 g/mol. The smallest absolute Gasteiger partial charge is 0.329 e. The van der Waals surface area contributed by atoms with Gasteiger partial charge in [-0.1, -0.05) is 71.1 Å². The van der Waals surface area contributed by atoms with Gasteiger partial charge in [-0.15, -0.1) is 0 Å². The molecule has 0 unspecified atom stereocenters. The van der Waals surface area contributed by atoms with Crippen LogP contribution in [0.5, 0.6) is 0 Å². The molecule has 4 heterocycles. The standard InChI is InChI=1S/C57H85N3O14/c1-35-15-11-10-12-16-36(2)48(72-34-43-33-58-22-23-59-43)31-44-20-18-41(7)57(68,74-44)54(65)55(66)60-24-14-13-17-45(60)56(67)73-49(38(4)29-42-19-21-47(71-26-25-61)50(30-42)69-8)32-46(62)37(3)28-40(6)52(64)53(70-9)51(63)39(5)27-35/h10-12,15-16,22-23,28,33,35,37-39,41-42,44-45,47-50,52-53,61,64,68H,13-14,17-21,24-27,29-32,34H2,1-9H3/t35-,37-,38-,39-,41-,42+,44+,45+,47-,48-,49+,50-,52-,53+,57-/m1/s1. The van der Waals surface area contributed by atoms with E-state index in [2.05, 4.69) is 9.97 Å². The van der Waals surface area contributed by atoms with Crippen molar-refractivity contribution in [3.8, 4) is 0 Å². The van der Waals surface area contributed by atoms with Crippen molar-refractivity contribution >= 4 is 29.2 Å². The first-order valence-corrected chi connectivity index (χ1v) is 26.9. The highest BCUT2D eigenvalue weighted by molar-refractivity contribution is 6.39. The van der Waals surface area contributed by atoms with Crippen LogP contribution in [0.15, 0.2) is 66.2 Å². The van der Waals surface area contributed by atoms with Crippen molar-refractivity contribution in [2.45, 2.75) is 187 Å². The average Bonchev–Trinajstić information content (AvgIpc) is 3.39. The van der Waals surface area contributed by atoms with E-state index < -0.39 is 77.8 Å². The zero-order valence-electron chi connectivity index (χ0n) is 45.3. The number of piperidine rings is 1. The molecule has 2 saturated heterocycles. The number of amides is 1. The number of hydrogen-bond donors (Lipinski definition) is 3. The summed E-state index contributed by atoms with van der Waals surface area (Å²) < 4.78 is 36.3. The first kappa shape index (κ1) is 60.5. The van der Waals surface area contributed by atoms with Gasteiger partial charge < -0.3 is 48.6 Å². The fourth-order valence-corrected chi connectivity index (χ4v) is 11.0. The number of aliphatic hydroxyl groups is 3. The van der Waals surface area contributed by atoms with E-state index in [1.807, 2.05) is 58.1 Å². The lowest BCUT2D eigenvalue weighted by molar-refractivity contribution is -0.266. The highest BCUT2D eigenvalue weighted by atomic mass is 16.6. The Hall–Kier alpha value is -4.33. The summed E-state index contributed by atoms with van der Waals surface area (Å²) in [5, 5.41) is 33.1. The summed E-state index contributed by atoms with van der Waals surface area (Å²) >= 11 is 0. The first-order valence-electron chi connectivity index (χ1n) is 26.9. The predicted molar refractivity (Wildman–Crippen MR) is 276 cm³/mol. The number of carbonyl (C=O) groups excluding carboxylic acids is 5. The van der Waals surface area contributed by atoms with Gasteiger partial charge in [0.2, 0.25) is 5.79 Å². The predicted octanol–water partition coefficient (Wildman–Crippen LogP) is 6.56. The number of carbonyl (C=O) groups is 5. The van der Waals surface area contributed by atoms with E-state index in [1.54, 1.807) is 52.5 Å². The fraction of sp³-hybridized carbons (Fsp3) is 0.702. The molecule has 3 aliphatic heterocycles. The highest BCUT2D eigenvalue weighted by Gasteiger charge is 2.53. The molecule has 3 fully saturated rings. The summed E-state index contributed by atoms with van der Waals surface area (Å²) in [7, 11) is 3.00. The van der Waals surface area contributed by atoms with Gasteiger partial charge in [-0.2, -0.15) is 0 Å². The number of methoxy groups -OCH3 is 2. The SMILES string of the molecule is CO[C@@H]1C[C@H](C[C@@H](C)[C@@H]2CC(=O)[C@H](C)C=C(C)[C@@H](O)[C@@H](OC)C(=O)[C@H](C)C[C@H](C)C=CC=CC=C(C)[C@H](OCc3cnccn3)C[C@@H]3CC[C@@H](C)[C@@](O)(O3)C(=O)C(=O)N3CCCC[C@H]3C(=O)O2)CC[C@H]1OCCO. The molecule has 1 saturated carbocycles. The fourth-order valence-electron chi connectivity index (χ4n) is 11.0. The van der Waals surface area contributed by atoms with Crippen LogP contribution in [0.3, 0.4) is 0 Å².